The molecule has 2 heterocycles. The van der Waals surface area contributed by atoms with Crippen LogP contribution in [0.1, 0.15) is 46.4 Å². The maximum atomic E-state index is 13.4. The van der Waals surface area contributed by atoms with Gasteiger partial charge in [-0.2, -0.15) is 0 Å². The van der Waals surface area contributed by atoms with Gasteiger partial charge in [-0.3, -0.25) is 24.1 Å². The Morgan fingerprint density at radius 2 is 1.82 bits per heavy atom. The fourth-order valence-electron chi connectivity index (χ4n) is 4.70. The number of hydrogen-bond acceptors (Lipinski definition) is 9. The van der Waals surface area contributed by atoms with Crippen LogP contribution in [-0.2, 0) is 23.9 Å². The van der Waals surface area contributed by atoms with Gasteiger partial charge in [-0.25, -0.2) is 0 Å². The minimum Gasteiger partial charge on any atom is -0.382 e. The first-order valence-corrected chi connectivity index (χ1v) is 13.0. The highest BCUT2D eigenvalue weighted by Crippen LogP contribution is 2.32. The summed E-state index contributed by atoms with van der Waals surface area (Å²) in [6.45, 7) is 5.07. The lowest BCUT2D eigenvalue weighted by Crippen LogP contribution is -2.48. The maximum Gasteiger partial charge on any atom is 0.264 e. The van der Waals surface area contributed by atoms with Crippen LogP contribution in [0.25, 0.3) is 0 Å². The van der Waals surface area contributed by atoms with Crippen molar-refractivity contribution in [3.05, 3.63) is 29.3 Å². The maximum absolute atomic E-state index is 13.4. The van der Waals surface area contributed by atoms with Gasteiger partial charge < -0.3 is 35.1 Å². The zero-order chi connectivity index (χ0) is 27.3. The van der Waals surface area contributed by atoms with Gasteiger partial charge in [0.1, 0.15) is 12.3 Å². The number of rotatable bonds is 17. The molecule has 0 aliphatic carbocycles. The number of amides is 4. The van der Waals surface area contributed by atoms with Gasteiger partial charge in [0.05, 0.1) is 37.6 Å². The molecule has 0 aromatic heterocycles. The van der Waals surface area contributed by atoms with E-state index in [1.807, 2.05) is 0 Å². The lowest BCUT2D eigenvalue weighted by Gasteiger charge is -2.33. The Morgan fingerprint density at radius 3 is 2.50 bits per heavy atom. The monoisotopic (exact) mass is 531 g/mol. The smallest absolute Gasteiger partial charge is 0.264 e. The summed E-state index contributed by atoms with van der Waals surface area (Å²) in [5, 5.41) is 8.46. The predicted octanol–water partition coefficient (Wildman–Crippen LogP) is 0.0318. The number of fused-ring (bicyclic) bond motifs is 1. The number of carbonyl (C=O) groups is 5. The normalized spacial score (nSPS) is 16.7. The van der Waals surface area contributed by atoms with Crippen LogP contribution < -0.4 is 16.0 Å². The van der Waals surface area contributed by atoms with E-state index >= 15 is 0 Å². The minimum atomic E-state index is -1.04. The van der Waals surface area contributed by atoms with Gasteiger partial charge in [0.25, 0.3) is 11.8 Å². The number of aldehydes is 1. The van der Waals surface area contributed by atoms with E-state index in [1.165, 1.54) is 7.05 Å². The first-order valence-electron chi connectivity index (χ1n) is 13.0. The topological polar surface area (TPSA) is 146 Å². The molecular formula is C26H37N5O7. The Morgan fingerprint density at radius 1 is 1.08 bits per heavy atom. The quantitative estimate of drug-likeness (QED) is 0.144. The van der Waals surface area contributed by atoms with Crippen molar-refractivity contribution < 1.29 is 33.4 Å². The summed E-state index contributed by atoms with van der Waals surface area (Å²) in [5.74, 6) is -1.52. The van der Waals surface area contributed by atoms with Crippen molar-refractivity contribution in [3.8, 4) is 0 Å². The van der Waals surface area contributed by atoms with Crippen LogP contribution in [0.3, 0.4) is 0 Å². The third-order valence-electron chi connectivity index (χ3n) is 6.71. The van der Waals surface area contributed by atoms with Crippen LogP contribution in [0.4, 0.5) is 5.69 Å². The molecule has 1 saturated heterocycles. The summed E-state index contributed by atoms with van der Waals surface area (Å²) >= 11 is 0. The van der Waals surface area contributed by atoms with Crippen LogP contribution in [0.5, 0.6) is 0 Å². The molecule has 1 aromatic rings. The molecule has 208 valence electrons. The molecule has 0 bridgehead atoms. The molecule has 12 nitrogen and oxygen atoms in total. The highest BCUT2D eigenvalue weighted by atomic mass is 16.5. The second-order valence-corrected chi connectivity index (χ2v) is 9.14. The number of piperidine rings is 1. The van der Waals surface area contributed by atoms with Crippen LogP contribution in [-0.4, -0.2) is 112 Å². The zero-order valence-corrected chi connectivity index (χ0v) is 21.8. The van der Waals surface area contributed by atoms with E-state index in [1.54, 1.807) is 18.2 Å². The SMILES string of the molecule is CNC(=O)C(CCC=O)N1C(=O)c2cccc(NC3CCN(CCOCCOCCNC=O)CC3)c2C1=O. The highest BCUT2D eigenvalue weighted by molar-refractivity contribution is 6.25. The Bertz CT molecular complexity index is 981. The number of likely N-dealkylation sites (tertiary alicyclic amines) is 1. The van der Waals surface area contributed by atoms with E-state index in [9.17, 15) is 24.0 Å². The lowest BCUT2D eigenvalue weighted by molar-refractivity contribution is -0.124. The fraction of sp³-hybridized carbons (Fsp3) is 0.577. The number of nitrogens with one attached hydrogen (secondary N) is 3. The Hall–Kier alpha value is -3.35. The van der Waals surface area contributed by atoms with E-state index in [0.29, 0.717) is 51.4 Å². The van der Waals surface area contributed by atoms with Gasteiger partial charge in [-0.1, -0.05) is 6.07 Å². The van der Waals surface area contributed by atoms with Gasteiger partial charge in [0, 0.05) is 51.4 Å². The molecule has 3 rings (SSSR count). The molecule has 2 aliphatic heterocycles. The molecular weight excluding hydrogens is 494 g/mol. The van der Waals surface area contributed by atoms with Gasteiger partial charge in [0.15, 0.2) is 0 Å². The van der Waals surface area contributed by atoms with E-state index in [4.69, 9.17) is 9.47 Å². The van der Waals surface area contributed by atoms with Crippen LogP contribution in [0.15, 0.2) is 18.2 Å². The molecule has 1 aromatic carbocycles. The number of carbonyl (C=O) groups excluding carboxylic acids is 5. The Kier molecular flexibility index (Phi) is 11.7. The van der Waals surface area contributed by atoms with Gasteiger partial charge in [-0.15, -0.1) is 0 Å². The molecule has 1 fully saturated rings. The molecule has 0 saturated carbocycles. The molecule has 1 atom stereocenters. The second kappa shape index (κ2) is 15.2. The first-order chi connectivity index (χ1) is 18.5. The van der Waals surface area contributed by atoms with E-state index in [-0.39, 0.29) is 30.0 Å². The number of likely N-dealkylation sites (N-methyl/N-ethyl adjacent to an activating group) is 1. The van der Waals surface area contributed by atoms with Gasteiger partial charge >= 0.3 is 0 Å². The number of hydrogen-bond donors (Lipinski definition) is 3. The van der Waals surface area contributed by atoms with Crippen molar-refractivity contribution in [1.29, 1.82) is 0 Å². The summed E-state index contributed by atoms with van der Waals surface area (Å²) in [6.07, 6.45) is 3.18. The molecule has 0 radical (unpaired) electrons. The van der Waals surface area contributed by atoms with Crippen molar-refractivity contribution in [2.45, 2.75) is 37.8 Å². The average Bonchev–Trinajstić information content (AvgIpc) is 3.19. The highest BCUT2D eigenvalue weighted by Gasteiger charge is 2.43. The third-order valence-corrected chi connectivity index (χ3v) is 6.71. The largest absolute Gasteiger partial charge is 0.382 e. The Labute approximate surface area is 222 Å². The summed E-state index contributed by atoms with van der Waals surface area (Å²) in [4.78, 5) is 63.3. The number of ether oxygens (including phenoxy) is 2. The molecule has 1 unspecified atom stereocenters. The summed E-state index contributed by atoms with van der Waals surface area (Å²) in [5.41, 5.74) is 1.12. The van der Waals surface area contributed by atoms with Crippen molar-refractivity contribution in [3.63, 3.8) is 0 Å². The van der Waals surface area contributed by atoms with Crippen LogP contribution in [0, 0.1) is 0 Å². The van der Waals surface area contributed by atoms with E-state index < -0.39 is 23.8 Å². The average molecular weight is 532 g/mol. The number of anilines is 1. The fourth-order valence-corrected chi connectivity index (χ4v) is 4.70. The van der Waals surface area contributed by atoms with Crippen molar-refractivity contribution >= 4 is 36.1 Å². The van der Waals surface area contributed by atoms with Gasteiger partial charge in [0.2, 0.25) is 12.3 Å². The standard InChI is InChI=1S/C26H37N5O7/c1-27-24(34)22(6-3-13-32)31-25(35)20-4-2-5-21(23(20)26(31)36)29-19-7-10-30(11-8-19)12-15-38-17-16-37-14-9-28-18-33/h2,4-5,13,18-19,22,29H,3,6-12,14-17H2,1H3,(H,27,34)(H,28,33). The minimum absolute atomic E-state index is 0.0637. The molecule has 2 aliphatic rings. The number of benzene rings is 1. The Balaban J connectivity index is 1.49. The van der Waals surface area contributed by atoms with Crippen molar-refractivity contribution in [2.75, 3.05) is 65.0 Å². The molecule has 3 N–H and O–H groups in total. The van der Waals surface area contributed by atoms with Crippen LogP contribution >= 0.6 is 0 Å². The number of imide groups is 1. The first kappa shape index (κ1) is 29.2. The second-order valence-electron chi connectivity index (χ2n) is 9.14. The molecule has 12 heteroatoms. The molecule has 4 amide bonds. The third kappa shape index (κ3) is 7.59. The number of nitrogens with zero attached hydrogens (tertiary/aromatic N) is 2. The van der Waals surface area contributed by atoms with E-state index in [0.717, 1.165) is 37.4 Å². The summed E-state index contributed by atoms with van der Waals surface area (Å²) in [6, 6.07) is 4.20. The lowest BCUT2D eigenvalue weighted by atomic mass is 10.0. The van der Waals surface area contributed by atoms with Gasteiger partial charge in [-0.05, 0) is 31.4 Å². The zero-order valence-electron chi connectivity index (χ0n) is 21.8. The molecule has 0 spiro atoms. The van der Waals surface area contributed by atoms with Crippen molar-refractivity contribution in [1.82, 2.24) is 20.4 Å². The van der Waals surface area contributed by atoms with Crippen LogP contribution in [0.2, 0.25) is 0 Å². The summed E-state index contributed by atoms with van der Waals surface area (Å²) < 4.78 is 11.0. The molecule has 38 heavy (non-hydrogen) atoms. The summed E-state index contributed by atoms with van der Waals surface area (Å²) in [7, 11) is 1.44. The predicted molar refractivity (Wildman–Crippen MR) is 139 cm³/mol. The van der Waals surface area contributed by atoms with E-state index in [2.05, 4.69) is 20.9 Å². The van der Waals surface area contributed by atoms with Crippen molar-refractivity contribution in [2.24, 2.45) is 0 Å².